The molecule has 1 amide bonds. The number of benzene rings is 2. The van der Waals surface area contributed by atoms with Gasteiger partial charge in [0.2, 0.25) is 5.91 Å². The van der Waals surface area contributed by atoms with E-state index in [-0.39, 0.29) is 5.91 Å². The lowest BCUT2D eigenvalue weighted by Crippen LogP contribution is -2.46. The number of nitrogens with zero attached hydrogens (tertiary/aromatic N) is 3. The van der Waals surface area contributed by atoms with Crippen molar-refractivity contribution in [1.29, 1.82) is 0 Å². The Morgan fingerprint density at radius 3 is 2.43 bits per heavy atom. The van der Waals surface area contributed by atoms with Gasteiger partial charge in [-0.1, -0.05) is 67.4 Å². The molecule has 5 nitrogen and oxygen atoms in total. The summed E-state index contributed by atoms with van der Waals surface area (Å²) in [5, 5.41) is 2.97. The summed E-state index contributed by atoms with van der Waals surface area (Å²) >= 11 is 0. The molecule has 2 aromatic carbocycles. The molecule has 0 saturated carbocycles. The van der Waals surface area contributed by atoms with Crippen LogP contribution in [0.5, 0.6) is 0 Å². The number of pyridine rings is 1. The van der Waals surface area contributed by atoms with Crippen molar-refractivity contribution in [2.75, 3.05) is 44.2 Å². The van der Waals surface area contributed by atoms with E-state index in [1.807, 2.05) is 12.1 Å². The quantitative estimate of drug-likeness (QED) is 0.308. The normalized spacial score (nSPS) is 14.3. The fourth-order valence-electron chi connectivity index (χ4n) is 4.55. The largest absolute Gasteiger partial charge is 0.368 e. The lowest BCUT2D eigenvalue weighted by atomic mass is 10.0. The molecule has 1 aromatic heterocycles. The summed E-state index contributed by atoms with van der Waals surface area (Å²) in [6.07, 6.45) is 11.4. The predicted octanol–water partition coefficient (Wildman–Crippen LogP) is 5.26. The average Bonchev–Trinajstić information content (AvgIpc) is 2.93. The summed E-state index contributed by atoms with van der Waals surface area (Å²) in [5.41, 5.74) is 4.88. The summed E-state index contributed by atoms with van der Waals surface area (Å²) in [4.78, 5) is 21.1. The van der Waals surface area contributed by atoms with E-state index in [9.17, 15) is 4.79 Å². The molecule has 1 aliphatic heterocycles. The Morgan fingerprint density at radius 2 is 1.63 bits per heavy atom. The van der Waals surface area contributed by atoms with Gasteiger partial charge >= 0.3 is 0 Å². The SMILES string of the molecule is O=C(/C=C\c1cccnc1)NCCCCCCN1CCN(c2ccccc2-c2ccccc2)CC1. The fourth-order valence-corrected chi connectivity index (χ4v) is 4.55. The molecule has 3 aromatic rings. The zero-order valence-corrected chi connectivity index (χ0v) is 20.5. The topological polar surface area (TPSA) is 48.5 Å². The summed E-state index contributed by atoms with van der Waals surface area (Å²) in [6.45, 7) is 6.26. The van der Waals surface area contributed by atoms with Gasteiger partial charge in [-0.05, 0) is 48.7 Å². The molecule has 1 saturated heterocycles. The number of unbranched alkanes of at least 4 members (excludes halogenated alkanes) is 3. The lowest BCUT2D eigenvalue weighted by molar-refractivity contribution is -0.116. The maximum Gasteiger partial charge on any atom is 0.243 e. The predicted molar refractivity (Wildman–Crippen MR) is 145 cm³/mol. The molecule has 0 spiro atoms. The monoisotopic (exact) mass is 468 g/mol. The third kappa shape index (κ3) is 7.79. The Kier molecular flexibility index (Phi) is 9.48. The number of anilines is 1. The second kappa shape index (κ2) is 13.4. The van der Waals surface area contributed by atoms with Crippen molar-refractivity contribution in [1.82, 2.24) is 15.2 Å². The van der Waals surface area contributed by atoms with E-state index in [1.165, 1.54) is 29.7 Å². The van der Waals surface area contributed by atoms with E-state index in [1.54, 1.807) is 24.5 Å². The maximum absolute atomic E-state index is 11.9. The highest BCUT2D eigenvalue weighted by Gasteiger charge is 2.19. The van der Waals surface area contributed by atoms with Crippen molar-refractivity contribution >= 4 is 17.7 Å². The molecule has 0 aliphatic carbocycles. The Morgan fingerprint density at radius 1 is 0.857 bits per heavy atom. The zero-order valence-electron chi connectivity index (χ0n) is 20.5. The maximum atomic E-state index is 11.9. The Labute approximate surface area is 209 Å². The zero-order chi connectivity index (χ0) is 24.1. The Balaban J connectivity index is 1.09. The van der Waals surface area contributed by atoms with Crippen molar-refractivity contribution in [2.45, 2.75) is 25.7 Å². The van der Waals surface area contributed by atoms with E-state index in [0.29, 0.717) is 0 Å². The summed E-state index contributed by atoms with van der Waals surface area (Å²) in [6, 6.07) is 23.2. The third-order valence-electron chi connectivity index (χ3n) is 6.51. The van der Waals surface area contributed by atoms with Crippen LogP contribution in [0.4, 0.5) is 5.69 Å². The van der Waals surface area contributed by atoms with Crippen molar-refractivity contribution in [2.24, 2.45) is 0 Å². The Hall–Kier alpha value is -3.44. The summed E-state index contributed by atoms with van der Waals surface area (Å²) < 4.78 is 0. The van der Waals surface area contributed by atoms with Gasteiger partial charge in [0, 0.05) is 62.4 Å². The molecule has 1 fully saturated rings. The molecule has 2 heterocycles. The molecule has 4 rings (SSSR count). The van der Waals surface area contributed by atoms with E-state index >= 15 is 0 Å². The van der Waals surface area contributed by atoms with Crippen LogP contribution in [-0.4, -0.2) is 55.1 Å². The van der Waals surface area contributed by atoms with E-state index in [0.717, 1.165) is 57.7 Å². The van der Waals surface area contributed by atoms with Gasteiger partial charge in [-0.3, -0.25) is 14.7 Å². The van der Waals surface area contributed by atoms with Crippen LogP contribution in [0.15, 0.2) is 85.2 Å². The first-order chi connectivity index (χ1) is 17.3. The number of aromatic nitrogens is 1. The average molecular weight is 469 g/mol. The fraction of sp³-hybridized carbons (Fsp3) is 0.333. The van der Waals surface area contributed by atoms with Gasteiger partial charge in [0.05, 0.1) is 0 Å². The first-order valence-electron chi connectivity index (χ1n) is 12.8. The van der Waals surface area contributed by atoms with E-state index in [2.05, 4.69) is 74.7 Å². The molecule has 0 atom stereocenters. The van der Waals surface area contributed by atoms with Crippen molar-refractivity contribution < 1.29 is 4.79 Å². The van der Waals surface area contributed by atoms with Gasteiger partial charge in [0.1, 0.15) is 0 Å². The van der Waals surface area contributed by atoms with Crippen LogP contribution < -0.4 is 10.2 Å². The molecular weight excluding hydrogens is 432 g/mol. The minimum Gasteiger partial charge on any atom is -0.368 e. The van der Waals surface area contributed by atoms with Gasteiger partial charge < -0.3 is 10.2 Å². The van der Waals surface area contributed by atoms with Crippen LogP contribution in [0.2, 0.25) is 0 Å². The van der Waals surface area contributed by atoms with Gasteiger partial charge in [-0.25, -0.2) is 0 Å². The van der Waals surface area contributed by atoms with Gasteiger partial charge in [-0.2, -0.15) is 0 Å². The Bertz CT molecular complexity index is 1060. The lowest BCUT2D eigenvalue weighted by Gasteiger charge is -2.37. The first-order valence-corrected chi connectivity index (χ1v) is 12.8. The number of hydrogen-bond donors (Lipinski definition) is 1. The number of carbonyl (C=O) groups is 1. The minimum atomic E-state index is -0.0411. The standard InChI is InChI=1S/C30H36N4O/c35-30(17-16-26-11-10-18-31-25-26)32-19-8-1-2-9-20-33-21-23-34(24-22-33)29-15-7-6-14-28(29)27-12-4-3-5-13-27/h3-7,10-18,25H,1-2,8-9,19-24H2,(H,32,35)/b17-16-. The smallest absolute Gasteiger partial charge is 0.243 e. The number of para-hydroxylation sites is 1. The number of nitrogens with one attached hydrogen (secondary N) is 1. The molecular formula is C30H36N4O. The number of amides is 1. The molecule has 1 N–H and O–H groups in total. The molecule has 0 unspecified atom stereocenters. The highest BCUT2D eigenvalue weighted by atomic mass is 16.1. The molecule has 5 heteroatoms. The van der Waals surface area contributed by atoms with E-state index < -0.39 is 0 Å². The van der Waals surface area contributed by atoms with Crippen LogP contribution in [0, 0.1) is 0 Å². The van der Waals surface area contributed by atoms with Crippen LogP contribution >= 0.6 is 0 Å². The summed E-state index contributed by atoms with van der Waals surface area (Å²) in [5.74, 6) is -0.0411. The van der Waals surface area contributed by atoms with Crippen molar-refractivity contribution in [3.63, 3.8) is 0 Å². The minimum absolute atomic E-state index is 0.0411. The van der Waals surface area contributed by atoms with Gasteiger partial charge in [0.25, 0.3) is 0 Å². The van der Waals surface area contributed by atoms with Crippen LogP contribution in [0.25, 0.3) is 17.2 Å². The van der Waals surface area contributed by atoms with Gasteiger partial charge in [0.15, 0.2) is 0 Å². The first kappa shape index (κ1) is 24.7. The third-order valence-corrected chi connectivity index (χ3v) is 6.51. The number of carbonyl (C=O) groups excluding carboxylic acids is 1. The van der Waals surface area contributed by atoms with Crippen molar-refractivity contribution in [3.8, 4) is 11.1 Å². The second-order valence-electron chi connectivity index (χ2n) is 9.04. The number of hydrogen-bond acceptors (Lipinski definition) is 4. The van der Waals surface area contributed by atoms with Crippen LogP contribution in [0.1, 0.15) is 31.2 Å². The van der Waals surface area contributed by atoms with Gasteiger partial charge in [-0.15, -0.1) is 0 Å². The van der Waals surface area contributed by atoms with Crippen LogP contribution in [-0.2, 0) is 4.79 Å². The molecule has 35 heavy (non-hydrogen) atoms. The summed E-state index contributed by atoms with van der Waals surface area (Å²) in [7, 11) is 0. The number of rotatable bonds is 11. The second-order valence-corrected chi connectivity index (χ2v) is 9.04. The molecule has 182 valence electrons. The molecule has 0 bridgehead atoms. The van der Waals surface area contributed by atoms with Crippen LogP contribution in [0.3, 0.4) is 0 Å². The highest BCUT2D eigenvalue weighted by Crippen LogP contribution is 2.31. The molecule has 1 aliphatic rings. The van der Waals surface area contributed by atoms with E-state index in [4.69, 9.17) is 0 Å². The van der Waals surface area contributed by atoms with Crippen molar-refractivity contribution in [3.05, 3.63) is 90.8 Å². The molecule has 0 radical (unpaired) electrons. The highest BCUT2D eigenvalue weighted by molar-refractivity contribution is 5.91. The number of piperazine rings is 1.